The second-order valence-electron chi connectivity index (χ2n) is 8.63. The quantitative estimate of drug-likeness (QED) is 0.629. The highest BCUT2D eigenvalue weighted by molar-refractivity contribution is 5.98. The average Bonchev–Trinajstić information content (AvgIpc) is 2.79. The van der Waals surface area contributed by atoms with Crippen LogP contribution < -0.4 is 5.32 Å². The van der Waals surface area contributed by atoms with Gasteiger partial charge in [-0.05, 0) is 47.6 Å². The van der Waals surface area contributed by atoms with Crippen LogP contribution in [0.5, 0.6) is 0 Å². The molecule has 0 bridgehead atoms. The molecule has 1 saturated heterocycles. The zero-order valence-corrected chi connectivity index (χ0v) is 18.4. The second kappa shape index (κ2) is 9.88. The monoisotopic (exact) mass is 417 g/mol. The first-order valence-corrected chi connectivity index (χ1v) is 11.1. The lowest BCUT2D eigenvalue weighted by Crippen LogP contribution is -2.48. The molecule has 0 atom stereocenters. The molecule has 6 nitrogen and oxygen atoms in total. The highest BCUT2D eigenvalue weighted by Gasteiger charge is 2.24. The molecule has 1 aromatic carbocycles. The molecule has 1 aliphatic rings. The van der Waals surface area contributed by atoms with Gasteiger partial charge in [0, 0.05) is 63.2 Å². The summed E-state index contributed by atoms with van der Waals surface area (Å²) in [6, 6.07) is 12.3. The first-order valence-electron chi connectivity index (χ1n) is 11.1. The van der Waals surface area contributed by atoms with Crippen molar-refractivity contribution in [1.82, 2.24) is 19.8 Å². The second-order valence-corrected chi connectivity index (χ2v) is 8.63. The Hall–Kier alpha value is -2.99. The van der Waals surface area contributed by atoms with Crippen LogP contribution in [-0.2, 0) is 6.54 Å². The molecule has 1 amide bonds. The molecule has 4 rings (SSSR count). The Morgan fingerprint density at radius 1 is 1.06 bits per heavy atom. The molecule has 31 heavy (non-hydrogen) atoms. The van der Waals surface area contributed by atoms with E-state index in [-0.39, 0.29) is 5.91 Å². The maximum Gasteiger partial charge on any atom is 0.257 e. The van der Waals surface area contributed by atoms with E-state index in [1.807, 2.05) is 29.4 Å². The van der Waals surface area contributed by atoms with Crippen LogP contribution in [0.3, 0.4) is 0 Å². The Bertz CT molecular complexity index is 1030. The number of rotatable bonds is 7. The van der Waals surface area contributed by atoms with E-state index in [9.17, 15) is 4.79 Å². The third kappa shape index (κ3) is 5.39. The highest BCUT2D eigenvalue weighted by Crippen LogP contribution is 2.19. The van der Waals surface area contributed by atoms with Crippen molar-refractivity contribution in [2.75, 3.05) is 38.0 Å². The molecule has 3 aromatic rings. The maximum atomic E-state index is 13.2. The van der Waals surface area contributed by atoms with Gasteiger partial charge in [-0.3, -0.25) is 14.7 Å². The van der Waals surface area contributed by atoms with Gasteiger partial charge in [0.05, 0.1) is 5.56 Å². The number of nitrogens with zero attached hydrogens (tertiary/aromatic N) is 4. The summed E-state index contributed by atoms with van der Waals surface area (Å²) in [6.45, 7) is 9.32. The summed E-state index contributed by atoms with van der Waals surface area (Å²) >= 11 is 0. The Morgan fingerprint density at radius 2 is 1.90 bits per heavy atom. The third-order valence-corrected chi connectivity index (χ3v) is 5.82. The fourth-order valence-electron chi connectivity index (χ4n) is 3.97. The highest BCUT2D eigenvalue weighted by atomic mass is 16.2. The Kier molecular flexibility index (Phi) is 6.77. The van der Waals surface area contributed by atoms with Crippen LogP contribution in [0.2, 0.25) is 0 Å². The van der Waals surface area contributed by atoms with Gasteiger partial charge in [-0.15, -0.1) is 0 Å². The van der Waals surface area contributed by atoms with Crippen LogP contribution in [0.25, 0.3) is 10.8 Å². The number of hydrogen-bond donors (Lipinski definition) is 1. The van der Waals surface area contributed by atoms with Crippen molar-refractivity contribution in [3.8, 4) is 0 Å². The number of carbonyl (C=O) groups is 1. The van der Waals surface area contributed by atoms with E-state index in [2.05, 4.69) is 58.3 Å². The minimum atomic E-state index is 0.0676. The van der Waals surface area contributed by atoms with E-state index in [4.69, 9.17) is 0 Å². The molecule has 0 saturated carbocycles. The Morgan fingerprint density at radius 3 is 2.71 bits per heavy atom. The van der Waals surface area contributed by atoms with Gasteiger partial charge in [0.25, 0.3) is 5.91 Å². The third-order valence-electron chi connectivity index (χ3n) is 5.82. The van der Waals surface area contributed by atoms with Crippen LogP contribution in [0.1, 0.15) is 36.2 Å². The normalized spacial score (nSPS) is 14.9. The average molecular weight is 418 g/mol. The SMILES string of the molecule is CC(C)CCNc1ncccc1C(=O)N1CCN(Cc2ccc3cnccc3c2)CC1. The predicted molar refractivity (Wildman–Crippen MR) is 125 cm³/mol. The number of amides is 1. The van der Waals surface area contributed by atoms with Crippen molar-refractivity contribution >= 4 is 22.5 Å². The number of nitrogens with one attached hydrogen (secondary N) is 1. The summed E-state index contributed by atoms with van der Waals surface area (Å²) in [4.78, 5) is 26.1. The van der Waals surface area contributed by atoms with Crippen LogP contribution in [0, 0.1) is 5.92 Å². The molecule has 0 spiro atoms. The van der Waals surface area contributed by atoms with Gasteiger partial charge in [-0.1, -0.05) is 26.0 Å². The number of aromatic nitrogens is 2. The van der Waals surface area contributed by atoms with Gasteiger partial charge >= 0.3 is 0 Å². The fraction of sp³-hybridized carbons (Fsp3) is 0.400. The molecule has 0 radical (unpaired) electrons. The number of carbonyl (C=O) groups excluding carboxylic acids is 1. The van der Waals surface area contributed by atoms with E-state index in [1.54, 1.807) is 6.20 Å². The fourth-order valence-corrected chi connectivity index (χ4v) is 3.97. The molecular weight excluding hydrogens is 386 g/mol. The molecule has 162 valence electrons. The molecule has 1 fully saturated rings. The van der Waals surface area contributed by atoms with Gasteiger partial charge in [0.15, 0.2) is 0 Å². The standard InChI is InChI=1S/C25H31N5O/c1-19(2)7-11-28-24-23(4-3-9-27-24)25(31)30-14-12-29(13-15-30)18-20-5-6-22-17-26-10-8-21(22)16-20/h3-6,8-10,16-17,19H,7,11-15,18H2,1-2H3,(H,27,28). The van der Waals surface area contributed by atoms with Gasteiger partial charge in [-0.25, -0.2) is 4.98 Å². The van der Waals surface area contributed by atoms with Gasteiger partial charge < -0.3 is 10.2 Å². The largest absolute Gasteiger partial charge is 0.369 e. The zero-order chi connectivity index (χ0) is 21.6. The number of anilines is 1. The van der Waals surface area contributed by atoms with Gasteiger partial charge in [-0.2, -0.15) is 0 Å². The van der Waals surface area contributed by atoms with Crippen molar-refractivity contribution in [1.29, 1.82) is 0 Å². The molecular formula is C25H31N5O. The minimum Gasteiger partial charge on any atom is -0.369 e. The minimum absolute atomic E-state index is 0.0676. The lowest BCUT2D eigenvalue weighted by Gasteiger charge is -2.35. The summed E-state index contributed by atoms with van der Waals surface area (Å²) in [5.74, 6) is 1.38. The van der Waals surface area contributed by atoms with Gasteiger partial charge in [0.1, 0.15) is 5.82 Å². The van der Waals surface area contributed by atoms with Crippen molar-refractivity contribution in [2.45, 2.75) is 26.8 Å². The summed E-state index contributed by atoms with van der Waals surface area (Å²) in [6.07, 6.45) is 6.52. The molecule has 3 heterocycles. The van der Waals surface area contributed by atoms with Crippen molar-refractivity contribution in [2.24, 2.45) is 5.92 Å². The lowest BCUT2D eigenvalue weighted by atomic mass is 10.1. The van der Waals surface area contributed by atoms with E-state index in [0.29, 0.717) is 17.3 Å². The van der Waals surface area contributed by atoms with Crippen LogP contribution in [0.15, 0.2) is 55.0 Å². The molecule has 0 aliphatic carbocycles. The smallest absolute Gasteiger partial charge is 0.257 e. The van der Waals surface area contributed by atoms with Crippen LogP contribution >= 0.6 is 0 Å². The van der Waals surface area contributed by atoms with Gasteiger partial charge in [0.2, 0.25) is 0 Å². The summed E-state index contributed by atoms with van der Waals surface area (Å²) in [5, 5.41) is 5.73. The van der Waals surface area contributed by atoms with E-state index < -0.39 is 0 Å². The molecule has 2 aromatic heterocycles. The Balaban J connectivity index is 1.34. The Labute approximate surface area is 184 Å². The molecule has 1 aliphatic heterocycles. The zero-order valence-electron chi connectivity index (χ0n) is 18.4. The van der Waals surface area contributed by atoms with Crippen molar-refractivity contribution in [3.05, 3.63) is 66.1 Å². The van der Waals surface area contributed by atoms with E-state index >= 15 is 0 Å². The number of fused-ring (bicyclic) bond motifs is 1. The van der Waals surface area contributed by atoms with Crippen molar-refractivity contribution in [3.63, 3.8) is 0 Å². The predicted octanol–water partition coefficient (Wildman–Crippen LogP) is 4.05. The van der Waals surface area contributed by atoms with E-state index in [1.165, 1.54) is 10.9 Å². The van der Waals surface area contributed by atoms with Crippen LogP contribution in [-0.4, -0.2) is 58.4 Å². The number of benzene rings is 1. The topological polar surface area (TPSA) is 61.4 Å². The summed E-state index contributed by atoms with van der Waals surface area (Å²) < 4.78 is 0. The number of pyridine rings is 2. The molecule has 0 unspecified atom stereocenters. The summed E-state index contributed by atoms with van der Waals surface area (Å²) in [7, 11) is 0. The number of hydrogen-bond acceptors (Lipinski definition) is 5. The summed E-state index contributed by atoms with van der Waals surface area (Å²) in [5.41, 5.74) is 1.96. The van der Waals surface area contributed by atoms with Crippen molar-refractivity contribution < 1.29 is 4.79 Å². The lowest BCUT2D eigenvalue weighted by molar-refractivity contribution is 0.0629. The first-order chi connectivity index (χ1) is 15.1. The number of piperazine rings is 1. The van der Waals surface area contributed by atoms with Crippen LogP contribution in [0.4, 0.5) is 5.82 Å². The first kappa shape index (κ1) is 21.2. The van der Waals surface area contributed by atoms with E-state index in [0.717, 1.165) is 51.1 Å². The maximum absolute atomic E-state index is 13.2. The molecule has 1 N–H and O–H groups in total. The molecule has 6 heteroatoms.